The summed E-state index contributed by atoms with van der Waals surface area (Å²) >= 11 is 0. The van der Waals surface area contributed by atoms with Gasteiger partial charge in [0.2, 0.25) is 0 Å². The van der Waals surface area contributed by atoms with Crippen LogP contribution in [0.1, 0.15) is 0 Å². The zero-order chi connectivity index (χ0) is 18.3. The molecule has 11 heteroatoms. The Bertz CT molecular complexity index is 399. The van der Waals surface area contributed by atoms with Crippen molar-refractivity contribution in [3.8, 4) is 0 Å². The van der Waals surface area contributed by atoms with Crippen molar-refractivity contribution in [2.45, 2.75) is 49.2 Å². The quantitative estimate of drug-likeness (QED) is 0.398. The molecule has 0 aromatic heterocycles. The Morgan fingerprint density at radius 1 is 0.833 bits per heavy atom. The lowest BCUT2D eigenvalue weighted by molar-refractivity contribution is -0.333. The average molecular weight is 354 g/mol. The van der Waals surface area contributed by atoms with Crippen LogP contribution >= 0.6 is 0 Å². The lowest BCUT2D eigenvalue weighted by atomic mass is 10.0. The molecule has 140 valence electrons. The van der Waals surface area contributed by atoms with Gasteiger partial charge in [-0.25, -0.2) is 0 Å². The van der Waals surface area contributed by atoms with Crippen LogP contribution in [-0.4, -0.2) is 103 Å². The van der Waals surface area contributed by atoms with Gasteiger partial charge in [-0.3, -0.25) is 0 Å². The molecule has 2 saturated heterocycles. The van der Waals surface area contributed by atoms with E-state index in [1.54, 1.807) is 0 Å². The van der Waals surface area contributed by atoms with Crippen LogP contribution in [0.3, 0.4) is 0 Å². The van der Waals surface area contributed by atoms with Crippen LogP contribution in [0, 0.1) is 0 Å². The highest BCUT2D eigenvalue weighted by atomic mass is 16.7. The van der Waals surface area contributed by atoms with Gasteiger partial charge in [-0.05, 0) is 0 Å². The minimum absolute atomic E-state index is 0.0839. The molecule has 11 nitrogen and oxygen atoms in total. The monoisotopic (exact) mass is 354 g/mol. The maximum atomic E-state index is 10.1. The Morgan fingerprint density at radius 3 is 1.79 bits per heavy atom. The normalized spacial score (nSPS) is 42.6. The molecule has 0 aromatic carbocycles. The van der Waals surface area contributed by atoms with Gasteiger partial charge in [-0.2, -0.15) is 9.59 Å². The first-order chi connectivity index (χ1) is 11.4. The minimum atomic E-state index is -1.26. The van der Waals surface area contributed by atoms with E-state index in [1.807, 2.05) is 0 Å². The van der Waals surface area contributed by atoms with Crippen LogP contribution in [0.15, 0.2) is 0 Å². The molecule has 2 unspecified atom stereocenters. The standard InChI is InChI=1S/C12H22O9.CO2/c1-17-9-5(13)3-20-12(7(9)15)21-10-6(14)4-19-11(18-2)8(10)16;2-1-3/h5-16H,3-4H2,1-2H3;/t5-,6-,7?,8?,9+,10+,11+,12+;/m1./s1. The van der Waals surface area contributed by atoms with Gasteiger partial charge in [0.05, 0.1) is 13.2 Å². The van der Waals surface area contributed by atoms with Gasteiger partial charge in [-0.1, -0.05) is 0 Å². The topological polar surface area (TPSA) is 161 Å². The molecule has 2 rings (SSSR count). The maximum absolute atomic E-state index is 10.1. The third-order valence-corrected chi connectivity index (χ3v) is 3.65. The first-order valence-electron chi connectivity index (χ1n) is 7.07. The number of hydrogen-bond donors (Lipinski definition) is 4. The Balaban J connectivity index is 0.000000891. The van der Waals surface area contributed by atoms with E-state index in [4.69, 9.17) is 33.3 Å². The van der Waals surface area contributed by atoms with Gasteiger partial charge in [0.15, 0.2) is 12.6 Å². The van der Waals surface area contributed by atoms with Crippen LogP contribution in [-0.2, 0) is 33.3 Å². The second kappa shape index (κ2) is 10.1. The SMILES string of the molecule is CO[C@H]1OC[C@@H](O)[C@H](O[C@@H]2OC[C@@H](O)[C@H](OC)C2O)C1O.O=C=O. The maximum Gasteiger partial charge on any atom is 0.373 e. The van der Waals surface area contributed by atoms with Crippen LogP contribution in [0.5, 0.6) is 0 Å². The van der Waals surface area contributed by atoms with Crippen LogP contribution in [0.25, 0.3) is 0 Å². The number of carbonyl (C=O) groups excluding carboxylic acids is 2. The summed E-state index contributed by atoms with van der Waals surface area (Å²) in [7, 11) is 2.70. The first kappa shape index (κ1) is 21.1. The minimum Gasteiger partial charge on any atom is -0.388 e. The van der Waals surface area contributed by atoms with E-state index in [9.17, 15) is 20.4 Å². The number of aliphatic hydroxyl groups is 4. The lowest BCUT2D eigenvalue weighted by Crippen LogP contribution is -2.60. The number of aliphatic hydroxyl groups excluding tert-OH is 4. The van der Waals surface area contributed by atoms with Gasteiger partial charge in [0.25, 0.3) is 0 Å². The molecule has 2 fully saturated rings. The molecule has 0 amide bonds. The predicted molar refractivity (Wildman–Crippen MR) is 71.2 cm³/mol. The van der Waals surface area contributed by atoms with E-state index < -0.39 is 49.2 Å². The average Bonchev–Trinajstić information content (AvgIpc) is 2.55. The summed E-state index contributed by atoms with van der Waals surface area (Å²) < 4.78 is 25.7. The van der Waals surface area contributed by atoms with Crippen molar-refractivity contribution in [2.75, 3.05) is 27.4 Å². The fourth-order valence-corrected chi connectivity index (χ4v) is 2.49. The predicted octanol–water partition coefficient (Wildman–Crippen LogP) is -3.39. The van der Waals surface area contributed by atoms with Crippen LogP contribution < -0.4 is 0 Å². The Kier molecular flexibility index (Phi) is 8.87. The Labute approximate surface area is 137 Å². The van der Waals surface area contributed by atoms with Crippen molar-refractivity contribution in [3.05, 3.63) is 0 Å². The van der Waals surface area contributed by atoms with E-state index >= 15 is 0 Å². The molecule has 2 aliphatic rings. The molecular formula is C13H22O11. The molecule has 4 N–H and O–H groups in total. The van der Waals surface area contributed by atoms with Crippen LogP contribution in [0.4, 0.5) is 0 Å². The highest BCUT2D eigenvalue weighted by Gasteiger charge is 2.46. The van der Waals surface area contributed by atoms with Crippen LogP contribution in [0.2, 0.25) is 0 Å². The number of methoxy groups -OCH3 is 2. The summed E-state index contributed by atoms with van der Waals surface area (Å²) in [4.78, 5) is 16.2. The van der Waals surface area contributed by atoms with Crippen molar-refractivity contribution in [2.24, 2.45) is 0 Å². The zero-order valence-corrected chi connectivity index (χ0v) is 13.2. The number of hydrogen-bond acceptors (Lipinski definition) is 11. The summed E-state index contributed by atoms with van der Waals surface area (Å²) in [6.45, 7) is -0.178. The molecule has 8 atom stereocenters. The van der Waals surface area contributed by atoms with E-state index in [1.165, 1.54) is 14.2 Å². The first-order valence-corrected chi connectivity index (χ1v) is 7.07. The Morgan fingerprint density at radius 2 is 1.29 bits per heavy atom. The Hall–Kier alpha value is -0.980. The second-order valence-electron chi connectivity index (χ2n) is 5.14. The zero-order valence-electron chi connectivity index (χ0n) is 13.2. The van der Waals surface area contributed by atoms with Crippen molar-refractivity contribution < 1.29 is 53.7 Å². The van der Waals surface area contributed by atoms with Gasteiger partial charge in [0, 0.05) is 14.2 Å². The van der Waals surface area contributed by atoms with E-state index in [0.29, 0.717) is 0 Å². The number of ether oxygens (including phenoxy) is 5. The second-order valence-corrected chi connectivity index (χ2v) is 5.14. The molecule has 2 heterocycles. The van der Waals surface area contributed by atoms with Gasteiger partial charge in [-0.15, -0.1) is 0 Å². The van der Waals surface area contributed by atoms with Crippen molar-refractivity contribution in [1.82, 2.24) is 0 Å². The van der Waals surface area contributed by atoms with Crippen molar-refractivity contribution in [1.29, 1.82) is 0 Å². The summed E-state index contributed by atoms with van der Waals surface area (Å²) in [5.74, 6) is 0. The third kappa shape index (κ3) is 5.01. The highest BCUT2D eigenvalue weighted by molar-refractivity contribution is 5.20. The third-order valence-electron chi connectivity index (χ3n) is 3.65. The van der Waals surface area contributed by atoms with Gasteiger partial charge >= 0.3 is 6.15 Å². The van der Waals surface area contributed by atoms with E-state index in [-0.39, 0.29) is 19.4 Å². The largest absolute Gasteiger partial charge is 0.388 e. The molecule has 2 aliphatic heterocycles. The fourth-order valence-electron chi connectivity index (χ4n) is 2.49. The summed E-state index contributed by atoms with van der Waals surface area (Å²) in [5, 5.41) is 39.6. The highest BCUT2D eigenvalue weighted by Crippen LogP contribution is 2.25. The van der Waals surface area contributed by atoms with Gasteiger partial charge in [0.1, 0.15) is 36.6 Å². The summed E-state index contributed by atoms with van der Waals surface area (Å²) in [6.07, 6.45) is -8.38. The van der Waals surface area contributed by atoms with E-state index in [0.717, 1.165) is 0 Å². The smallest absolute Gasteiger partial charge is 0.373 e. The van der Waals surface area contributed by atoms with Crippen molar-refractivity contribution in [3.63, 3.8) is 0 Å². The van der Waals surface area contributed by atoms with E-state index in [2.05, 4.69) is 0 Å². The fraction of sp³-hybridized carbons (Fsp3) is 0.923. The van der Waals surface area contributed by atoms with Gasteiger partial charge < -0.3 is 44.1 Å². The summed E-state index contributed by atoms with van der Waals surface area (Å²) in [5.41, 5.74) is 0. The molecule has 0 saturated carbocycles. The molecule has 0 aromatic rings. The molecular weight excluding hydrogens is 332 g/mol. The molecule has 0 spiro atoms. The summed E-state index contributed by atoms with van der Waals surface area (Å²) in [6, 6.07) is 0. The lowest BCUT2D eigenvalue weighted by Gasteiger charge is -2.42. The molecule has 0 bridgehead atoms. The molecule has 0 radical (unpaired) electrons. The molecule has 0 aliphatic carbocycles. The number of rotatable bonds is 4. The van der Waals surface area contributed by atoms with Crippen molar-refractivity contribution >= 4 is 6.15 Å². The molecule has 24 heavy (non-hydrogen) atoms.